The summed E-state index contributed by atoms with van der Waals surface area (Å²) in [5.41, 5.74) is 0.0956. The van der Waals surface area contributed by atoms with E-state index in [0.29, 0.717) is 0 Å². The van der Waals surface area contributed by atoms with Crippen molar-refractivity contribution in [3.8, 4) is 0 Å². The van der Waals surface area contributed by atoms with Crippen LogP contribution in [0, 0.1) is 5.41 Å². The predicted octanol–water partition coefficient (Wildman–Crippen LogP) is 2.84. The van der Waals surface area contributed by atoms with E-state index in [2.05, 4.69) is 20.8 Å². The van der Waals surface area contributed by atoms with Gasteiger partial charge in [0.25, 0.3) is 0 Å². The van der Waals surface area contributed by atoms with E-state index in [9.17, 15) is 4.79 Å². The molecule has 0 unspecified atom stereocenters. The predicted molar refractivity (Wildman–Crippen MR) is 50.1 cm³/mol. The Morgan fingerprint density at radius 3 is 1.92 bits per heavy atom. The second-order valence-corrected chi connectivity index (χ2v) is 3.09. The summed E-state index contributed by atoms with van der Waals surface area (Å²) in [7, 11) is 0. The van der Waals surface area contributed by atoms with Crippen molar-refractivity contribution in [3.63, 3.8) is 0 Å². The van der Waals surface area contributed by atoms with Gasteiger partial charge in [-0.3, -0.25) is 0 Å². The quantitative estimate of drug-likeness (QED) is 0.644. The monoisotopic (exact) mass is 170 g/mol. The largest absolute Gasteiger partial charge is 0.478 e. The summed E-state index contributed by atoms with van der Waals surface area (Å²) in [5, 5.41) is 8.48. The fourth-order valence-corrected chi connectivity index (χ4v) is 1.35. The number of rotatable bonds is 5. The average molecular weight is 170 g/mol. The zero-order valence-corrected chi connectivity index (χ0v) is 8.13. The van der Waals surface area contributed by atoms with Crippen LogP contribution in [0.5, 0.6) is 0 Å². The number of aliphatic carboxylic acids is 1. The third-order valence-electron chi connectivity index (χ3n) is 2.69. The Labute approximate surface area is 74.3 Å². The van der Waals surface area contributed by atoms with Gasteiger partial charge in [-0.15, -0.1) is 0 Å². The van der Waals surface area contributed by atoms with Gasteiger partial charge in [0.2, 0.25) is 0 Å². The standard InChI is InChI=1S/C10H18O2/c1-4-10(5-2,6-3)8-7-9(11)12/h7-8H,4-6H2,1-3H3,(H,11,12)/b8-7+. The number of carboxylic acid groups (broad SMARTS) is 1. The summed E-state index contributed by atoms with van der Waals surface area (Å²) in [4.78, 5) is 10.3. The lowest BCUT2D eigenvalue weighted by atomic mass is 9.79. The highest BCUT2D eigenvalue weighted by molar-refractivity contribution is 5.79. The van der Waals surface area contributed by atoms with Gasteiger partial charge in [0.1, 0.15) is 0 Å². The molecule has 2 nitrogen and oxygen atoms in total. The third-order valence-corrected chi connectivity index (χ3v) is 2.69. The molecule has 0 aliphatic heterocycles. The Balaban J connectivity index is 4.39. The topological polar surface area (TPSA) is 37.3 Å². The molecule has 2 heteroatoms. The first kappa shape index (κ1) is 11.2. The Kier molecular flexibility index (Phi) is 4.64. The molecule has 0 atom stereocenters. The molecular formula is C10H18O2. The van der Waals surface area contributed by atoms with Crippen molar-refractivity contribution in [1.29, 1.82) is 0 Å². The fraction of sp³-hybridized carbons (Fsp3) is 0.700. The summed E-state index contributed by atoms with van der Waals surface area (Å²) in [5.74, 6) is -0.852. The van der Waals surface area contributed by atoms with Gasteiger partial charge in [-0.1, -0.05) is 26.8 Å². The number of carboxylic acids is 1. The molecule has 12 heavy (non-hydrogen) atoms. The van der Waals surface area contributed by atoms with Crippen molar-refractivity contribution in [2.24, 2.45) is 5.41 Å². The SMILES string of the molecule is CCC(/C=C/C(=O)O)(CC)CC. The van der Waals surface area contributed by atoms with E-state index in [-0.39, 0.29) is 5.41 Å². The third kappa shape index (κ3) is 3.07. The molecule has 0 aromatic heterocycles. The van der Waals surface area contributed by atoms with Crippen LogP contribution in [0.2, 0.25) is 0 Å². The van der Waals surface area contributed by atoms with Crippen LogP contribution >= 0.6 is 0 Å². The molecular weight excluding hydrogens is 152 g/mol. The van der Waals surface area contributed by atoms with Crippen molar-refractivity contribution in [2.75, 3.05) is 0 Å². The van der Waals surface area contributed by atoms with Gasteiger partial charge in [0.15, 0.2) is 0 Å². The zero-order valence-electron chi connectivity index (χ0n) is 8.13. The Morgan fingerprint density at radius 1 is 1.25 bits per heavy atom. The molecule has 0 rings (SSSR count). The lowest BCUT2D eigenvalue weighted by Gasteiger charge is -2.25. The van der Waals surface area contributed by atoms with Gasteiger partial charge in [-0.05, 0) is 24.7 Å². The van der Waals surface area contributed by atoms with Crippen LogP contribution in [0.25, 0.3) is 0 Å². The van der Waals surface area contributed by atoms with Crippen LogP contribution < -0.4 is 0 Å². The first-order valence-corrected chi connectivity index (χ1v) is 4.52. The minimum atomic E-state index is -0.852. The molecule has 70 valence electrons. The molecule has 0 fully saturated rings. The Hall–Kier alpha value is -0.790. The van der Waals surface area contributed by atoms with Crippen molar-refractivity contribution in [3.05, 3.63) is 12.2 Å². The molecule has 0 aromatic carbocycles. The highest BCUT2D eigenvalue weighted by Crippen LogP contribution is 2.31. The lowest BCUT2D eigenvalue weighted by Crippen LogP contribution is -2.14. The molecule has 0 heterocycles. The van der Waals surface area contributed by atoms with Crippen LogP contribution in [0.3, 0.4) is 0 Å². The van der Waals surface area contributed by atoms with E-state index in [1.807, 2.05) is 6.08 Å². The van der Waals surface area contributed by atoms with E-state index in [0.717, 1.165) is 19.3 Å². The number of allylic oxidation sites excluding steroid dienone is 1. The number of hydrogen-bond donors (Lipinski definition) is 1. The average Bonchev–Trinajstić information content (AvgIpc) is 2.08. The van der Waals surface area contributed by atoms with Crippen molar-refractivity contribution in [2.45, 2.75) is 40.0 Å². The minimum absolute atomic E-state index is 0.0956. The van der Waals surface area contributed by atoms with E-state index >= 15 is 0 Å². The number of carbonyl (C=O) groups is 1. The van der Waals surface area contributed by atoms with Crippen molar-refractivity contribution < 1.29 is 9.90 Å². The molecule has 0 saturated heterocycles. The first-order valence-electron chi connectivity index (χ1n) is 4.52. The summed E-state index contributed by atoms with van der Waals surface area (Å²) < 4.78 is 0. The summed E-state index contributed by atoms with van der Waals surface area (Å²) in [6.07, 6.45) is 6.10. The number of hydrogen-bond acceptors (Lipinski definition) is 1. The second-order valence-electron chi connectivity index (χ2n) is 3.09. The van der Waals surface area contributed by atoms with E-state index < -0.39 is 5.97 Å². The van der Waals surface area contributed by atoms with Crippen LogP contribution in [-0.2, 0) is 4.79 Å². The molecule has 1 N–H and O–H groups in total. The highest BCUT2D eigenvalue weighted by Gasteiger charge is 2.19. The normalized spacial score (nSPS) is 12.2. The lowest BCUT2D eigenvalue weighted by molar-refractivity contribution is -0.131. The van der Waals surface area contributed by atoms with Gasteiger partial charge in [-0.2, -0.15) is 0 Å². The van der Waals surface area contributed by atoms with Gasteiger partial charge in [-0.25, -0.2) is 4.79 Å². The molecule has 0 amide bonds. The Morgan fingerprint density at radius 2 is 1.67 bits per heavy atom. The van der Waals surface area contributed by atoms with E-state index in [4.69, 9.17) is 5.11 Å². The van der Waals surface area contributed by atoms with Crippen molar-refractivity contribution in [1.82, 2.24) is 0 Å². The minimum Gasteiger partial charge on any atom is -0.478 e. The molecule has 0 aliphatic carbocycles. The zero-order chi connectivity index (χ0) is 9.61. The highest BCUT2D eigenvalue weighted by atomic mass is 16.4. The maximum atomic E-state index is 10.3. The summed E-state index contributed by atoms with van der Waals surface area (Å²) in [6, 6.07) is 0. The van der Waals surface area contributed by atoms with Gasteiger partial charge in [0.05, 0.1) is 0 Å². The Bertz CT molecular complexity index is 158. The van der Waals surface area contributed by atoms with Crippen LogP contribution in [0.4, 0.5) is 0 Å². The molecule has 0 saturated carbocycles. The van der Waals surface area contributed by atoms with Gasteiger partial charge < -0.3 is 5.11 Å². The second kappa shape index (κ2) is 4.96. The molecule has 0 radical (unpaired) electrons. The molecule has 0 spiro atoms. The van der Waals surface area contributed by atoms with Crippen LogP contribution in [0.15, 0.2) is 12.2 Å². The maximum absolute atomic E-state index is 10.3. The van der Waals surface area contributed by atoms with Crippen molar-refractivity contribution >= 4 is 5.97 Å². The molecule has 0 bridgehead atoms. The van der Waals surface area contributed by atoms with Gasteiger partial charge in [0, 0.05) is 6.08 Å². The summed E-state index contributed by atoms with van der Waals surface area (Å²) in [6.45, 7) is 6.29. The fourth-order valence-electron chi connectivity index (χ4n) is 1.35. The van der Waals surface area contributed by atoms with Crippen LogP contribution in [0.1, 0.15) is 40.0 Å². The first-order chi connectivity index (χ1) is 5.60. The summed E-state index contributed by atoms with van der Waals surface area (Å²) >= 11 is 0. The van der Waals surface area contributed by atoms with E-state index in [1.165, 1.54) is 6.08 Å². The van der Waals surface area contributed by atoms with Gasteiger partial charge >= 0.3 is 5.97 Å². The smallest absolute Gasteiger partial charge is 0.327 e. The maximum Gasteiger partial charge on any atom is 0.327 e. The van der Waals surface area contributed by atoms with E-state index in [1.54, 1.807) is 0 Å². The molecule has 0 aromatic rings. The molecule has 0 aliphatic rings. The van der Waals surface area contributed by atoms with Crippen LogP contribution in [-0.4, -0.2) is 11.1 Å².